The molecule has 0 aliphatic carbocycles. The van der Waals surface area contributed by atoms with Gasteiger partial charge in [0, 0.05) is 11.1 Å². The van der Waals surface area contributed by atoms with Crippen LogP contribution in [0.1, 0.15) is 12.6 Å². The van der Waals surface area contributed by atoms with E-state index in [-0.39, 0.29) is 22.2 Å². The highest BCUT2D eigenvalue weighted by molar-refractivity contribution is 8.00. The number of oxime groups is 1. The first-order chi connectivity index (χ1) is 12.9. The largest absolute Gasteiger partial charge is 0.477 e. The van der Waals surface area contributed by atoms with Gasteiger partial charge in [-0.2, -0.15) is 0 Å². The van der Waals surface area contributed by atoms with E-state index in [1.807, 2.05) is 0 Å². The highest BCUT2D eigenvalue weighted by atomic mass is 32.2. The fourth-order valence-corrected chi connectivity index (χ4v) is 4.66. The lowest BCUT2D eigenvalue weighted by atomic mass is 10.0. The van der Waals surface area contributed by atoms with E-state index in [9.17, 15) is 19.5 Å². The van der Waals surface area contributed by atoms with Gasteiger partial charge in [0.05, 0.1) is 0 Å². The van der Waals surface area contributed by atoms with Crippen LogP contribution in [0.25, 0.3) is 0 Å². The van der Waals surface area contributed by atoms with Crippen LogP contribution in [0.3, 0.4) is 0 Å². The third-order valence-electron chi connectivity index (χ3n) is 3.93. The molecule has 1 aromatic heterocycles. The molecule has 0 saturated carbocycles. The lowest BCUT2D eigenvalue weighted by Crippen LogP contribution is -2.71. The maximum atomic E-state index is 12.5. The number of thioether (sulfide) groups is 1. The van der Waals surface area contributed by atoms with E-state index in [2.05, 4.69) is 15.5 Å². The maximum absolute atomic E-state index is 12.5. The minimum absolute atomic E-state index is 0.0823. The first kappa shape index (κ1) is 18.9. The molecule has 3 rings (SSSR count). The van der Waals surface area contributed by atoms with Crippen LogP contribution in [0.2, 0.25) is 0 Å². The molecule has 1 fully saturated rings. The molecule has 142 valence electrons. The molecule has 12 heteroatoms. The fourth-order valence-electron chi connectivity index (χ4n) is 2.79. The Balaban J connectivity index is 1.79. The number of thiazole rings is 1. The normalized spacial score (nSPS) is 22.6. The van der Waals surface area contributed by atoms with Crippen LogP contribution in [0.4, 0.5) is 5.13 Å². The van der Waals surface area contributed by atoms with Gasteiger partial charge in [-0.05, 0) is 12.5 Å². The number of carbonyl (C=O) groups excluding carboxylic acids is 2. The van der Waals surface area contributed by atoms with Gasteiger partial charge in [0.1, 0.15) is 22.8 Å². The summed E-state index contributed by atoms with van der Waals surface area (Å²) in [6.07, 6.45) is 3.35. The summed E-state index contributed by atoms with van der Waals surface area (Å²) in [4.78, 5) is 41.5. The van der Waals surface area contributed by atoms with Crippen LogP contribution in [0.15, 0.2) is 34.0 Å². The van der Waals surface area contributed by atoms with Crippen LogP contribution in [-0.4, -0.2) is 60.9 Å². The third-order valence-corrected chi connectivity index (χ3v) is 5.91. The predicted octanol–water partition coefficient (Wildman–Crippen LogP) is 0.218. The number of amides is 2. The van der Waals surface area contributed by atoms with E-state index in [1.165, 1.54) is 17.1 Å². The standard InChI is InChI=1S/C15H15N5O5S2/c1-2-3-6-4-26-13-9(12(22)20(13)10(6)14(23)24)18-11(21)8(19-25)7-5-27-15(16)17-7/h2-3,5,9,13,25H,4H2,1H3,(H2,16,17)(H,18,21)(H,23,24)/b3-2-,19-8-/t9-,13-/m1/s1. The Kier molecular flexibility index (Phi) is 5.19. The summed E-state index contributed by atoms with van der Waals surface area (Å²) in [6.45, 7) is 1.76. The molecule has 0 unspecified atom stereocenters. The van der Waals surface area contributed by atoms with Crippen molar-refractivity contribution in [2.75, 3.05) is 11.5 Å². The van der Waals surface area contributed by atoms with Gasteiger partial charge < -0.3 is 21.4 Å². The molecule has 0 bridgehead atoms. The van der Waals surface area contributed by atoms with Gasteiger partial charge in [-0.15, -0.1) is 23.1 Å². The molecule has 27 heavy (non-hydrogen) atoms. The number of nitrogens with two attached hydrogens (primary N) is 1. The minimum Gasteiger partial charge on any atom is -0.477 e. The molecule has 1 aromatic rings. The minimum atomic E-state index is -1.21. The van der Waals surface area contributed by atoms with Crippen molar-refractivity contribution in [3.8, 4) is 0 Å². The number of nitrogens with zero attached hydrogens (tertiary/aromatic N) is 3. The Morgan fingerprint density at radius 2 is 2.26 bits per heavy atom. The molecule has 2 amide bonds. The number of carbonyl (C=O) groups is 3. The van der Waals surface area contributed by atoms with Crippen molar-refractivity contribution in [3.63, 3.8) is 0 Å². The van der Waals surface area contributed by atoms with E-state index in [4.69, 9.17) is 10.9 Å². The number of fused-ring (bicyclic) bond motifs is 1. The van der Waals surface area contributed by atoms with E-state index >= 15 is 0 Å². The molecule has 0 radical (unpaired) electrons. The highest BCUT2D eigenvalue weighted by Gasteiger charge is 2.54. The topological polar surface area (TPSA) is 158 Å². The average molecular weight is 409 g/mol. The number of nitrogens with one attached hydrogen (secondary N) is 1. The first-order valence-corrected chi connectivity index (χ1v) is 9.60. The Hall–Kier alpha value is -2.86. The van der Waals surface area contributed by atoms with Crippen LogP contribution >= 0.6 is 23.1 Å². The summed E-state index contributed by atoms with van der Waals surface area (Å²) in [5, 5.41) is 25.1. The summed E-state index contributed by atoms with van der Waals surface area (Å²) in [6, 6.07) is -0.934. The molecule has 3 heterocycles. The summed E-state index contributed by atoms with van der Waals surface area (Å²) >= 11 is 2.41. The van der Waals surface area contributed by atoms with Crippen molar-refractivity contribution in [2.24, 2.45) is 5.16 Å². The summed E-state index contributed by atoms with van der Waals surface area (Å²) in [7, 11) is 0. The third kappa shape index (κ3) is 3.28. The number of aliphatic carboxylic acids is 1. The van der Waals surface area contributed by atoms with Gasteiger partial charge >= 0.3 is 5.97 Å². The fraction of sp³-hybridized carbons (Fsp3) is 0.267. The lowest BCUT2D eigenvalue weighted by molar-refractivity contribution is -0.150. The Labute approximate surface area is 161 Å². The van der Waals surface area contributed by atoms with Crippen molar-refractivity contribution in [1.82, 2.24) is 15.2 Å². The number of carboxylic acid groups (broad SMARTS) is 1. The molecule has 2 aliphatic rings. The Morgan fingerprint density at radius 1 is 1.52 bits per heavy atom. The van der Waals surface area contributed by atoms with E-state index in [0.717, 1.165) is 16.2 Å². The number of hydrogen-bond donors (Lipinski definition) is 4. The second-order valence-electron chi connectivity index (χ2n) is 5.56. The van der Waals surface area contributed by atoms with Gasteiger partial charge in [0.15, 0.2) is 10.8 Å². The van der Waals surface area contributed by atoms with Gasteiger partial charge in [-0.3, -0.25) is 14.5 Å². The van der Waals surface area contributed by atoms with Gasteiger partial charge in [0.2, 0.25) is 0 Å². The first-order valence-electron chi connectivity index (χ1n) is 7.67. The summed E-state index contributed by atoms with van der Waals surface area (Å²) in [5.74, 6) is -2.17. The summed E-state index contributed by atoms with van der Waals surface area (Å²) < 4.78 is 0. The van der Waals surface area contributed by atoms with E-state index < -0.39 is 29.2 Å². The van der Waals surface area contributed by atoms with Crippen LogP contribution in [0, 0.1) is 0 Å². The molecule has 0 spiro atoms. The maximum Gasteiger partial charge on any atom is 0.352 e. The number of nitrogen functional groups attached to an aromatic ring is 1. The molecule has 10 nitrogen and oxygen atoms in total. The predicted molar refractivity (Wildman–Crippen MR) is 99.3 cm³/mol. The quantitative estimate of drug-likeness (QED) is 0.233. The molecule has 2 aliphatic heterocycles. The number of allylic oxidation sites excluding steroid dienone is 2. The average Bonchev–Trinajstić information content (AvgIpc) is 3.05. The molecule has 5 N–H and O–H groups in total. The van der Waals surface area contributed by atoms with Gasteiger partial charge in [-0.1, -0.05) is 17.3 Å². The number of aromatic nitrogens is 1. The molecule has 1 saturated heterocycles. The SMILES string of the molecule is C/C=C\C1=C(C(=O)O)N2C(=O)[C@@H](NC(=O)/C(=N\O)c3csc(N)n3)[C@H]2SC1. The second kappa shape index (κ2) is 7.40. The molecule has 2 atom stereocenters. The Bertz CT molecular complexity index is 906. The summed E-state index contributed by atoms with van der Waals surface area (Å²) in [5.41, 5.74) is 5.66. The zero-order valence-electron chi connectivity index (χ0n) is 13.9. The number of anilines is 1. The van der Waals surface area contributed by atoms with Crippen molar-refractivity contribution in [2.45, 2.75) is 18.3 Å². The Morgan fingerprint density at radius 3 is 2.81 bits per heavy atom. The smallest absolute Gasteiger partial charge is 0.352 e. The van der Waals surface area contributed by atoms with Crippen LogP contribution in [0.5, 0.6) is 0 Å². The number of carboxylic acids is 1. The van der Waals surface area contributed by atoms with Crippen molar-refractivity contribution in [1.29, 1.82) is 0 Å². The highest BCUT2D eigenvalue weighted by Crippen LogP contribution is 2.40. The molecular weight excluding hydrogens is 394 g/mol. The van der Waals surface area contributed by atoms with Gasteiger partial charge in [0.25, 0.3) is 11.8 Å². The zero-order chi connectivity index (χ0) is 19.7. The number of rotatable bonds is 5. The van der Waals surface area contributed by atoms with E-state index in [0.29, 0.717) is 11.3 Å². The lowest BCUT2D eigenvalue weighted by Gasteiger charge is -2.49. The monoisotopic (exact) mass is 409 g/mol. The van der Waals surface area contributed by atoms with Crippen molar-refractivity contribution < 1.29 is 24.7 Å². The number of β-lactam (4-membered cyclic amide) rings is 1. The number of hydrogen-bond acceptors (Lipinski definition) is 9. The van der Waals surface area contributed by atoms with Gasteiger partial charge in [-0.25, -0.2) is 9.78 Å². The van der Waals surface area contributed by atoms with Crippen LogP contribution < -0.4 is 11.1 Å². The molecular formula is C15H15N5O5S2. The molecule has 0 aromatic carbocycles. The van der Waals surface area contributed by atoms with E-state index in [1.54, 1.807) is 19.1 Å². The second-order valence-corrected chi connectivity index (χ2v) is 7.55. The van der Waals surface area contributed by atoms with Crippen molar-refractivity contribution >= 4 is 51.7 Å². The van der Waals surface area contributed by atoms with Crippen molar-refractivity contribution in [3.05, 3.63) is 34.5 Å². The zero-order valence-corrected chi connectivity index (χ0v) is 15.6. The van der Waals surface area contributed by atoms with Crippen LogP contribution in [-0.2, 0) is 14.4 Å².